The maximum atomic E-state index is 14.2. The van der Waals surface area contributed by atoms with Gasteiger partial charge in [0.25, 0.3) is 0 Å². The molecule has 0 aliphatic heterocycles. The highest BCUT2D eigenvalue weighted by Crippen LogP contribution is 2.44. The van der Waals surface area contributed by atoms with E-state index in [-0.39, 0.29) is 6.42 Å². The van der Waals surface area contributed by atoms with E-state index < -0.39 is 17.2 Å². The Balaban J connectivity index is 1.85. The van der Waals surface area contributed by atoms with Gasteiger partial charge in [0, 0.05) is 12.8 Å². The van der Waals surface area contributed by atoms with Crippen molar-refractivity contribution in [1.82, 2.24) is 9.97 Å². The van der Waals surface area contributed by atoms with Crippen molar-refractivity contribution in [3.8, 4) is 0 Å². The minimum absolute atomic E-state index is 0.0323. The Morgan fingerprint density at radius 1 is 1.46 bits per heavy atom. The molecule has 1 saturated carbocycles. The molecule has 0 bridgehead atoms. The molecule has 1 aromatic carbocycles. The summed E-state index contributed by atoms with van der Waals surface area (Å²) in [5.74, 6) is 0.437. The minimum Gasteiger partial charge on any atom is -0.369 e. The van der Waals surface area contributed by atoms with E-state index in [1.54, 1.807) is 0 Å². The molecule has 5 unspecified atom stereocenters. The Kier molecular flexibility index (Phi) is 6.55. The summed E-state index contributed by atoms with van der Waals surface area (Å²) in [5, 5.41) is -1.55. The zero-order valence-corrected chi connectivity index (χ0v) is 20.1. The molecule has 5 atom stereocenters. The van der Waals surface area contributed by atoms with Gasteiger partial charge in [-0.3, -0.25) is 4.79 Å². The lowest BCUT2D eigenvalue weighted by Crippen LogP contribution is -2.30. The van der Waals surface area contributed by atoms with E-state index >= 15 is 0 Å². The van der Waals surface area contributed by atoms with Crippen molar-refractivity contribution in [1.29, 1.82) is 0 Å². The molecule has 152 valence electrons. The average molecular weight is 439 g/mol. The third-order valence-corrected chi connectivity index (χ3v) is 7.23. The highest BCUT2D eigenvalue weighted by Gasteiger charge is 2.30. The summed E-state index contributed by atoms with van der Waals surface area (Å²) in [6.45, 7) is 1.44. The number of carbonyl (C=O) groups is 1. The fraction of sp³-hybridized carbons (Fsp3) is 0.579. The van der Waals surface area contributed by atoms with Gasteiger partial charge in [-0.15, -0.1) is 18.5 Å². The number of amides is 1. The summed E-state index contributed by atoms with van der Waals surface area (Å²) in [7, 11) is 10.0. The zero-order chi connectivity index (χ0) is 20.7. The lowest BCUT2D eigenvalue weighted by atomic mass is 9.81. The van der Waals surface area contributed by atoms with Gasteiger partial charge in [-0.05, 0) is 55.1 Å². The van der Waals surface area contributed by atoms with Crippen molar-refractivity contribution >= 4 is 58.0 Å². The van der Waals surface area contributed by atoms with Gasteiger partial charge in [0.2, 0.25) is 5.91 Å². The topological polar surface area (TPSA) is 71.8 Å². The van der Waals surface area contributed by atoms with E-state index in [4.69, 9.17) is 10.7 Å². The average Bonchev–Trinajstić information content (AvgIpc) is 2.98. The monoisotopic (exact) mass is 439 g/mol. The number of nitrogens with zero attached hydrogens (tertiary/aromatic N) is 1. The smallest absolute Gasteiger partial charge is 0.225 e. The van der Waals surface area contributed by atoms with Crippen molar-refractivity contribution < 1.29 is 9.18 Å². The van der Waals surface area contributed by atoms with Crippen LogP contribution in [0.25, 0.3) is 11.0 Å². The van der Waals surface area contributed by atoms with Gasteiger partial charge < -0.3 is 10.7 Å². The van der Waals surface area contributed by atoms with Crippen LogP contribution in [0.15, 0.2) is 12.1 Å². The molecule has 4 nitrogen and oxygen atoms in total. The molecule has 3 N–H and O–H groups in total. The fourth-order valence-corrected chi connectivity index (χ4v) is 5.11. The summed E-state index contributed by atoms with van der Waals surface area (Å²) in [6, 6.07) is 3.81. The maximum Gasteiger partial charge on any atom is 0.225 e. The lowest BCUT2D eigenvalue weighted by Gasteiger charge is -2.33. The van der Waals surface area contributed by atoms with Crippen molar-refractivity contribution in [3.05, 3.63) is 23.5 Å². The largest absolute Gasteiger partial charge is 0.369 e. The number of hydrogen-bond acceptors (Lipinski definition) is 2. The molecule has 1 amide bonds. The molecule has 1 aliphatic carbocycles. The molecule has 0 spiro atoms. The second kappa shape index (κ2) is 8.29. The number of halogens is 1. The number of H-pyrrole nitrogens is 1. The van der Waals surface area contributed by atoms with Gasteiger partial charge in [-0.25, -0.2) is 9.37 Å². The normalized spacial score (nSPS) is 20.8. The Labute approximate surface area is 174 Å². The van der Waals surface area contributed by atoms with E-state index in [1.165, 1.54) is 32.6 Å². The van der Waals surface area contributed by atoms with Crippen LogP contribution in [-0.2, 0) is 11.2 Å². The number of nitrogens with two attached hydrogens (primary N) is 1. The standard InChI is InChI=1S/C19H30BFN3OP3/c1-18(21,26)9-12(17(22)25)11-2-3-13-16(15(11)20)24-14(23-13)8-10-4-6-19(27,28)7-5-10/h2-3,10,12H,4-9,20,26-28H2,1H3,(H2,22,25)(H,23,24). The second-order valence-electron chi connectivity index (χ2n) is 8.68. The van der Waals surface area contributed by atoms with Gasteiger partial charge in [-0.2, -0.15) is 0 Å². The summed E-state index contributed by atoms with van der Waals surface area (Å²) in [6.07, 6.45) is 5.73. The number of carbonyl (C=O) groups excluding carboxylic acids is 1. The molecule has 9 heteroatoms. The zero-order valence-electron chi connectivity index (χ0n) is 16.6. The van der Waals surface area contributed by atoms with Crippen molar-refractivity contribution in [2.45, 2.75) is 61.7 Å². The molecule has 28 heavy (non-hydrogen) atoms. The number of benzene rings is 1. The molecule has 1 aromatic heterocycles. The molecular formula is C19H30BFN3OP3. The second-order valence-corrected chi connectivity index (χ2v) is 12.8. The first kappa shape index (κ1) is 22.1. The Morgan fingerprint density at radius 2 is 2.11 bits per heavy atom. The van der Waals surface area contributed by atoms with E-state index in [2.05, 4.69) is 32.7 Å². The third-order valence-electron chi connectivity index (χ3n) is 5.84. The van der Waals surface area contributed by atoms with Gasteiger partial charge >= 0.3 is 0 Å². The van der Waals surface area contributed by atoms with E-state index in [9.17, 15) is 9.18 Å². The summed E-state index contributed by atoms with van der Waals surface area (Å²) in [5.41, 5.74) is 9.06. The number of nitrogens with one attached hydrogen (secondary N) is 1. The Morgan fingerprint density at radius 3 is 2.68 bits per heavy atom. The van der Waals surface area contributed by atoms with Gasteiger partial charge in [0.1, 0.15) is 19.1 Å². The van der Waals surface area contributed by atoms with Crippen molar-refractivity contribution in [2.75, 3.05) is 0 Å². The summed E-state index contributed by atoms with van der Waals surface area (Å²) < 4.78 is 14.2. The first-order chi connectivity index (χ1) is 13.0. The van der Waals surface area contributed by atoms with Crippen LogP contribution in [0.4, 0.5) is 4.39 Å². The number of primary amides is 1. The number of imidazole rings is 1. The van der Waals surface area contributed by atoms with Gasteiger partial charge in [0.05, 0.1) is 17.0 Å². The Bertz CT molecular complexity index is 871. The van der Waals surface area contributed by atoms with Crippen LogP contribution in [0.1, 0.15) is 56.3 Å². The van der Waals surface area contributed by atoms with Crippen molar-refractivity contribution in [2.24, 2.45) is 11.7 Å². The predicted octanol–water partition coefficient (Wildman–Crippen LogP) is 2.52. The third kappa shape index (κ3) is 5.32. The van der Waals surface area contributed by atoms with Gasteiger partial charge in [-0.1, -0.05) is 20.8 Å². The highest BCUT2D eigenvalue weighted by atomic mass is 31.1. The van der Waals surface area contributed by atoms with Crippen LogP contribution in [0, 0.1) is 5.92 Å². The molecule has 1 heterocycles. The first-order valence-electron chi connectivity index (χ1n) is 9.78. The Hall–Kier alpha value is -0.555. The molecule has 2 aromatic rings. The number of hydrogen-bond donors (Lipinski definition) is 2. The minimum atomic E-state index is -1.55. The number of aromatic nitrogens is 2. The van der Waals surface area contributed by atoms with Crippen LogP contribution >= 0.6 is 27.7 Å². The van der Waals surface area contributed by atoms with Crippen LogP contribution in [-0.4, -0.2) is 34.0 Å². The van der Waals surface area contributed by atoms with Crippen molar-refractivity contribution in [3.63, 3.8) is 0 Å². The van der Waals surface area contributed by atoms with E-state index in [1.807, 2.05) is 20.0 Å². The number of rotatable bonds is 6. The maximum absolute atomic E-state index is 14.2. The molecule has 0 saturated heterocycles. The first-order valence-corrected chi connectivity index (χ1v) is 11.5. The molecule has 1 fully saturated rings. The quantitative estimate of drug-likeness (QED) is 0.537. The number of alkyl halides is 1. The number of fused-ring (bicyclic) bond motifs is 1. The van der Waals surface area contributed by atoms with Crippen LogP contribution in [0.3, 0.4) is 0 Å². The summed E-state index contributed by atoms with van der Waals surface area (Å²) in [4.78, 5) is 20.6. The van der Waals surface area contributed by atoms with E-state index in [0.717, 1.165) is 34.3 Å². The van der Waals surface area contributed by atoms with Crippen LogP contribution < -0.4 is 11.2 Å². The lowest BCUT2D eigenvalue weighted by molar-refractivity contribution is -0.120. The highest BCUT2D eigenvalue weighted by molar-refractivity contribution is 7.39. The summed E-state index contributed by atoms with van der Waals surface area (Å²) >= 11 is 0. The predicted molar refractivity (Wildman–Crippen MR) is 128 cm³/mol. The fourth-order valence-electron chi connectivity index (χ4n) is 4.21. The molecule has 3 rings (SSSR count). The van der Waals surface area contributed by atoms with E-state index in [0.29, 0.717) is 10.8 Å². The van der Waals surface area contributed by atoms with Gasteiger partial charge in [0.15, 0.2) is 0 Å². The molecule has 0 radical (unpaired) electrons. The molecule has 1 aliphatic rings. The SMILES string of the molecule is Bc1c(C(CC(C)(F)P)C(N)=O)ccc2[nH]c(CC3CCC(P)(P)CC3)nc12. The molecular weight excluding hydrogens is 409 g/mol. The van der Waals surface area contributed by atoms with Crippen LogP contribution in [0.2, 0.25) is 0 Å². The number of aromatic amines is 1. The van der Waals surface area contributed by atoms with Crippen LogP contribution in [0.5, 0.6) is 0 Å².